The molecule has 1 aliphatic heterocycles. The van der Waals surface area contributed by atoms with Gasteiger partial charge in [0.05, 0.1) is 0 Å². The number of carboxylic acid groups (broad SMARTS) is 1. The Labute approximate surface area is 287 Å². The maximum atomic E-state index is 13.3. The Morgan fingerprint density at radius 2 is 1.63 bits per heavy atom. The molecule has 11 nitrogen and oxygen atoms in total. The van der Waals surface area contributed by atoms with Crippen molar-refractivity contribution in [2.45, 2.75) is 115 Å². The summed E-state index contributed by atoms with van der Waals surface area (Å²) in [5, 5.41) is 9.55. The molecule has 2 atom stereocenters. The molecule has 0 fully saturated rings. The number of unbranched alkanes of at least 4 members (excludes halogenated alkanes) is 2. The number of imidazole rings is 1. The minimum atomic E-state index is -5.21. The van der Waals surface area contributed by atoms with Crippen LogP contribution in [0.3, 0.4) is 0 Å². The van der Waals surface area contributed by atoms with Gasteiger partial charge in [0.25, 0.3) is 0 Å². The van der Waals surface area contributed by atoms with Crippen molar-refractivity contribution in [2.24, 2.45) is 10.8 Å². The van der Waals surface area contributed by atoms with Crippen molar-refractivity contribution in [1.29, 1.82) is 0 Å². The fourth-order valence-electron chi connectivity index (χ4n) is 8.42. The van der Waals surface area contributed by atoms with E-state index in [9.17, 15) is 30.7 Å². The number of aliphatic carboxylic acids is 1. The first-order valence-electron chi connectivity index (χ1n) is 16.7. The zero-order valence-electron chi connectivity index (χ0n) is 28.6. The molecule has 2 unspecified atom stereocenters. The monoisotopic (exact) mass is 710 g/mol. The number of ether oxygens (including phenoxy) is 1. The van der Waals surface area contributed by atoms with Gasteiger partial charge in [-0.3, -0.25) is 4.79 Å². The number of nitrogens with zero attached hydrogens (tertiary/aromatic N) is 2. The number of aryl methyl sites for hydroxylation is 1. The molecule has 1 aromatic heterocycles. The summed E-state index contributed by atoms with van der Waals surface area (Å²) in [7, 11) is -10.4. The Bertz CT molecular complexity index is 2230. The van der Waals surface area contributed by atoms with Gasteiger partial charge in [-0.15, -0.1) is 0 Å². The number of benzene rings is 2. The second-order valence-electron chi connectivity index (χ2n) is 15.5. The maximum absolute atomic E-state index is 13.3. The Morgan fingerprint density at radius 3 is 2.29 bits per heavy atom. The standard InChI is InChI=1S/C36H44N2O9S2/c1-20-16-35(3,4)18-26-22(20)14-24-29(34-37-11-13-38(34)12-9-7-8-10-28(39)40)25-15-23-21(2)17-36(5,6)19-27(23)33(49(44,45)46)31(25)47-30(24)32(26)48(41,42)43/h11,13-15,18,20-21H,7-10,12,16-17,19H2,1-6H3,(H,39,40)(H,41,42,43)(H,44,45,46)/p-2. The van der Waals surface area contributed by atoms with E-state index >= 15 is 0 Å². The van der Waals surface area contributed by atoms with Crippen molar-refractivity contribution < 1.29 is 40.6 Å². The van der Waals surface area contributed by atoms with Crippen LogP contribution in [0.2, 0.25) is 0 Å². The molecule has 49 heavy (non-hydrogen) atoms. The summed E-state index contributed by atoms with van der Waals surface area (Å²) < 4.78 is 87.7. The van der Waals surface area contributed by atoms with Gasteiger partial charge in [-0.1, -0.05) is 54.0 Å². The maximum Gasteiger partial charge on any atom is 0.303 e. The molecule has 0 spiro atoms. The lowest BCUT2D eigenvalue weighted by atomic mass is 9.69. The molecule has 0 radical (unpaired) electrons. The summed E-state index contributed by atoms with van der Waals surface area (Å²) in [6.07, 6.45) is 8.56. The van der Waals surface area contributed by atoms with Crippen LogP contribution in [0, 0.1) is 10.8 Å². The Kier molecular flexibility index (Phi) is 8.70. The van der Waals surface area contributed by atoms with Gasteiger partial charge in [-0.2, -0.15) is 0 Å². The van der Waals surface area contributed by atoms with Gasteiger partial charge in [0.2, 0.25) is 0 Å². The van der Waals surface area contributed by atoms with Crippen LogP contribution in [-0.4, -0.2) is 46.6 Å². The van der Waals surface area contributed by atoms with Gasteiger partial charge < -0.3 is 23.5 Å². The Hall–Kier alpha value is -3.52. The van der Waals surface area contributed by atoms with Gasteiger partial charge in [-0.05, 0) is 88.8 Å². The molecule has 0 bridgehead atoms. The molecule has 3 aromatic rings. The number of aromatic nitrogens is 2. The van der Waals surface area contributed by atoms with Crippen molar-refractivity contribution in [2.75, 3.05) is 0 Å². The van der Waals surface area contributed by atoms with Gasteiger partial charge in [-0.25, -0.2) is 21.8 Å². The first-order valence-corrected chi connectivity index (χ1v) is 19.5. The fourth-order valence-corrected chi connectivity index (χ4v) is 10.1. The highest BCUT2D eigenvalue weighted by atomic mass is 32.2. The van der Waals surface area contributed by atoms with Crippen molar-refractivity contribution in [3.8, 4) is 11.5 Å². The van der Waals surface area contributed by atoms with Crippen molar-refractivity contribution in [3.05, 3.63) is 63.0 Å². The molecular weight excluding hydrogens is 669 g/mol. The molecule has 0 amide bonds. The largest absolute Gasteiger partial charge is 0.744 e. The van der Waals surface area contributed by atoms with E-state index < -0.39 is 41.4 Å². The molecule has 13 heteroatoms. The van der Waals surface area contributed by atoms with Crippen LogP contribution in [0.1, 0.15) is 120 Å². The van der Waals surface area contributed by atoms with Crippen molar-refractivity contribution in [3.63, 3.8) is 0 Å². The Balaban J connectivity index is 1.75. The highest BCUT2D eigenvalue weighted by Crippen LogP contribution is 2.51. The molecule has 2 aliphatic carbocycles. The third-order valence-corrected chi connectivity index (χ3v) is 11.9. The molecule has 6 rings (SSSR count). The van der Waals surface area contributed by atoms with Gasteiger partial charge in [0.1, 0.15) is 35.9 Å². The normalized spacial score (nSPS) is 20.7. The lowest BCUT2D eigenvalue weighted by Gasteiger charge is -2.39. The highest BCUT2D eigenvalue weighted by molar-refractivity contribution is 7.86. The van der Waals surface area contributed by atoms with Gasteiger partial charge in [0.15, 0.2) is 11.5 Å². The molecule has 1 N–H and O–H groups in total. The SMILES string of the molecule is CC1CC(C)(C)Cc2c1cc1c(c2S(=O)(=O)[O-])Oc2c(S(=O)(=O)[O-])c3c(cc2=C1c1nccn1CCCCCC(=O)O)C(C)CC(C)(C)C=3. The second kappa shape index (κ2) is 12.1. The minimum absolute atomic E-state index is 0.0440. The van der Waals surface area contributed by atoms with Crippen molar-refractivity contribution in [1.82, 2.24) is 9.55 Å². The highest BCUT2D eigenvalue weighted by Gasteiger charge is 2.39. The van der Waals surface area contributed by atoms with Gasteiger partial charge >= 0.3 is 5.97 Å². The molecule has 2 heterocycles. The quantitative estimate of drug-likeness (QED) is 0.182. The summed E-state index contributed by atoms with van der Waals surface area (Å²) in [5.41, 5.74) is 1.53. The summed E-state index contributed by atoms with van der Waals surface area (Å²) in [4.78, 5) is 14.6. The van der Waals surface area contributed by atoms with E-state index in [1.807, 2.05) is 58.2 Å². The van der Waals surface area contributed by atoms with E-state index in [1.165, 1.54) is 0 Å². The zero-order chi connectivity index (χ0) is 35.8. The molecule has 0 saturated heterocycles. The van der Waals surface area contributed by atoms with Crippen LogP contribution >= 0.6 is 0 Å². The summed E-state index contributed by atoms with van der Waals surface area (Å²) >= 11 is 0. The van der Waals surface area contributed by atoms with E-state index in [-0.39, 0.29) is 57.6 Å². The molecule has 2 aromatic carbocycles. The molecule has 3 aliphatic rings. The molecule has 264 valence electrons. The second-order valence-corrected chi connectivity index (χ2v) is 18.1. The minimum Gasteiger partial charge on any atom is -0.744 e. The van der Waals surface area contributed by atoms with Crippen molar-refractivity contribution >= 4 is 37.9 Å². The van der Waals surface area contributed by atoms with Crippen LogP contribution in [0.5, 0.6) is 11.5 Å². The average molecular weight is 711 g/mol. The number of hydrogen-bond donors (Lipinski definition) is 1. The topological polar surface area (TPSA) is 179 Å². The van der Waals surface area contributed by atoms with Crippen LogP contribution < -0.4 is 15.2 Å². The average Bonchev–Trinajstić information content (AvgIpc) is 3.39. The lowest BCUT2D eigenvalue weighted by molar-refractivity contribution is -0.137. The van der Waals surface area contributed by atoms with Crippen LogP contribution in [0.4, 0.5) is 0 Å². The number of fused-ring (bicyclic) bond motifs is 4. The first-order chi connectivity index (χ1) is 22.7. The number of carboxylic acids is 1. The van der Waals surface area contributed by atoms with E-state index in [0.717, 1.165) is 6.42 Å². The first kappa shape index (κ1) is 35.3. The van der Waals surface area contributed by atoms with E-state index in [0.29, 0.717) is 60.3 Å². The zero-order valence-corrected chi connectivity index (χ0v) is 30.3. The molecular formula is C36H42N2O9S2-2. The number of carbonyl (C=O) groups is 1. The van der Waals surface area contributed by atoms with Crippen LogP contribution in [0.25, 0.3) is 11.6 Å². The van der Waals surface area contributed by atoms with E-state index in [2.05, 4.69) is 4.98 Å². The fraction of sp³-hybridized carbons (Fsp3) is 0.500. The predicted molar refractivity (Wildman–Crippen MR) is 180 cm³/mol. The lowest BCUT2D eigenvalue weighted by Crippen LogP contribution is -2.35. The van der Waals surface area contributed by atoms with Gasteiger partial charge in [0, 0.05) is 41.7 Å². The van der Waals surface area contributed by atoms with E-state index in [1.54, 1.807) is 18.5 Å². The summed E-state index contributed by atoms with van der Waals surface area (Å²) in [6.45, 7) is 12.3. The smallest absolute Gasteiger partial charge is 0.303 e. The van der Waals surface area contributed by atoms with Crippen LogP contribution in [0.15, 0.2) is 34.3 Å². The van der Waals surface area contributed by atoms with E-state index in [4.69, 9.17) is 9.84 Å². The van der Waals surface area contributed by atoms with Crippen LogP contribution in [-0.2, 0) is 38.0 Å². The Morgan fingerprint density at radius 1 is 0.959 bits per heavy atom. The summed E-state index contributed by atoms with van der Waals surface area (Å²) in [5.74, 6) is -1.36. The third-order valence-electron chi connectivity index (χ3n) is 10.1. The predicted octanol–water partition coefficient (Wildman–Crippen LogP) is 5.08. The number of hydrogen-bond acceptors (Lipinski definition) is 9. The summed E-state index contributed by atoms with van der Waals surface area (Å²) in [6, 6.07) is 3.66. The number of rotatable bonds is 9. The third kappa shape index (κ3) is 6.58. The molecule has 0 saturated carbocycles.